The lowest BCUT2D eigenvalue weighted by molar-refractivity contribution is -0.140. The van der Waals surface area contributed by atoms with Gasteiger partial charge in [0.2, 0.25) is 11.8 Å². The molecule has 37 heavy (non-hydrogen) atoms. The zero-order chi connectivity index (χ0) is 27.2. The van der Waals surface area contributed by atoms with Crippen molar-refractivity contribution >= 4 is 50.7 Å². The number of carbonyl (C=O) groups excluding carboxylic acids is 2. The molecule has 0 fully saturated rings. The highest BCUT2D eigenvalue weighted by Gasteiger charge is 2.34. The van der Waals surface area contributed by atoms with Gasteiger partial charge in [0, 0.05) is 13.6 Å². The number of para-hydroxylation sites is 1. The minimum absolute atomic E-state index is 0.0574. The summed E-state index contributed by atoms with van der Waals surface area (Å²) >= 11 is 12.2. The number of halogens is 3. The van der Waals surface area contributed by atoms with E-state index in [9.17, 15) is 22.4 Å². The van der Waals surface area contributed by atoms with E-state index in [0.717, 1.165) is 10.4 Å². The summed E-state index contributed by atoms with van der Waals surface area (Å²) in [5.74, 6) is -1.95. The van der Waals surface area contributed by atoms with E-state index in [1.807, 2.05) is 0 Å². The summed E-state index contributed by atoms with van der Waals surface area (Å²) in [6, 6.07) is 16.6. The zero-order valence-electron chi connectivity index (χ0n) is 20.2. The van der Waals surface area contributed by atoms with Gasteiger partial charge >= 0.3 is 0 Å². The third kappa shape index (κ3) is 6.60. The number of hydrogen-bond donors (Lipinski definition) is 1. The summed E-state index contributed by atoms with van der Waals surface area (Å²) in [4.78, 5) is 27.6. The summed E-state index contributed by atoms with van der Waals surface area (Å²) in [5, 5.41) is 3.12. The predicted molar refractivity (Wildman–Crippen MR) is 143 cm³/mol. The first-order valence-corrected chi connectivity index (χ1v) is 13.6. The van der Waals surface area contributed by atoms with Gasteiger partial charge in [0.15, 0.2) is 0 Å². The van der Waals surface area contributed by atoms with Crippen LogP contribution < -0.4 is 9.62 Å². The standard InChI is InChI=1S/C26H26Cl2FN3O4S/c1-3-23(26(34)30-2)31(16-18-13-14-20(27)21(28)15-18)25(33)17-32(24-12-8-7-11-22(24)29)37(35,36)19-9-5-4-6-10-19/h4-15,23H,3,16-17H2,1-2H3,(H,30,34)/t23-/m0/s1. The van der Waals surface area contributed by atoms with Gasteiger partial charge in [0.05, 0.1) is 20.6 Å². The van der Waals surface area contributed by atoms with Crippen LogP contribution in [0.1, 0.15) is 18.9 Å². The van der Waals surface area contributed by atoms with Crippen molar-refractivity contribution in [1.82, 2.24) is 10.2 Å². The number of likely N-dealkylation sites (N-methyl/N-ethyl adjacent to an activating group) is 1. The molecule has 11 heteroatoms. The number of amides is 2. The van der Waals surface area contributed by atoms with Crippen LogP contribution in [-0.4, -0.2) is 44.8 Å². The highest BCUT2D eigenvalue weighted by Crippen LogP contribution is 2.28. The summed E-state index contributed by atoms with van der Waals surface area (Å²) in [6.45, 7) is 0.926. The first-order valence-electron chi connectivity index (χ1n) is 11.4. The maximum Gasteiger partial charge on any atom is 0.264 e. The average Bonchev–Trinajstić information content (AvgIpc) is 2.89. The molecule has 0 aliphatic carbocycles. The van der Waals surface area contributed by atoms with E-state index in [1.54, 1.807) is 31.2 Å². The van der Waals surface area contributed by atoms with E-state index in [2.05, 4.69) is 5.32 Å². The van der Waals surface area contributed by atoms with E-state index < -0.39 is 40.2 Å². The van der Waals surface area contributed by atoms with E-state index in [0.29, 0.717) is 10.6 Å². The molecule has 0 heterocycles. The predicted octanol–water partition coefficient (Wildman–Crippen LogP) is 4.88. The number of nitrogens with zero attached hydrogens (tertiary/aromatic N) is 2. The molecule has 0 saturated carbocycles. The quantitative estimate of drug-likeness (QED) is 0.379. The third-order valence-corrected chi connectivity index (χ3v) is 8.21. The van der Waals surface area contributed by atoms with Crippen molar-refractivity contribution < 1.29 is 22.4 Å². The molecule has 0 bridgehead atoms. The molecule has 0 aliphatic heterocycles. The Kier molecular flexibility index (Phi) is 9.53. The van der Waals surface area contributed by atoms with Gasteiger partial charge in [0.1, 0.15) is 18.4 Å². The number of hydrogen-bond acceptors (Lipinski definition) is 4. The second-order valence-electron chi connectivity index (χ2n) is 8.08. The van der Waals surface area contributed by atoms with Crippen LogP contribution in [0.25, 0.3) is 0 Å². The van der Waals surface area contributed by atoms with E-state index in [-0.39, 0.29) is 28.6 Å². The highest BCUT2D eigenvalue weighted by atomic mass is 35.5. The van der Waals surface area contributed by atoms with Crippen molar-refractivity contribution in [1.29, 1.82) is 0 Å². The molecule has 7 nitrogen and oxygen atoms in total. The van der Waals surface area contributed by atoms with Crippen LogP contribution >= 0.6 is 23.2 Å². The van der Waals surface area contributed by atoms with Crippen molar-refractivity contribution in [2.24, 2.45) is 0 Å². The molecule has 0 aromatic heterocycles. The summed E-state index contributed by atoms with van der Waals surface area (Å²) < 4.78 is 42.8. The maximum absolute atomic E-state index is 14.9. The van der Waals surface area contributed by atoms with Crippen LogP contribution in [0.2, 0.25) is 10.0 Å². The van der Waals surface area contributed by atoms with E-state index >= 15 is 0 Å². The first kappa shape index (κ1) is 28.4. The fourth-order valence-corrected chi connectivity index (χ4v) is 5.57. The molecule has 3 rings (SSSR count). The molecular formula is C26H26Cl2FN3O4S. The Morgan fingerprint density at radius 3 is 2.22 bits per heavy atom. The molecule has 0 saturated heterocycles. The van der Waals surface area contributed by atoms with Crippen molar-refractivity contribution in [3.8, 4) is 0 Å². The second kappa shape index (κ2) is 12.4. The van der Waals surface area contributed by atoms with E-state index in [4.69, 9.17) is 23.2 Å². The molecule has 196 valence electrons. The van der Waals surface area contributed by atoms with Crippen LogP contribution in [0, 0.1) is 5.82 Å². The van der Waals surface area contributed by atoms with Crippen LogP contribution in [0.5, 0.6) is 0 Å². The van der Waals surface area contributed by atoms with Crippen LogP contribution in [0.15, 0.2) is 77.7 Å². The second-order valence-corrected chi connectivity index (χ2v) is 10.8. The molecule has 3 aromatic carbocycles. The Balaban J connectivity index is 2.07. The zero-order valence-corrected chi connectivity index (χ0v) is 22.5. The molecule has 2 amide bonds. The van der Waals surface area contributed by atoms with Crippen LogP contribution in [0.4, 0.5) is 10.1 Å². The highest BCUT2D eigenvalue weighted by molar-refractivity contribution is 7.92. The number of benzene rings is 3. The third-order valence-electron chi connectivity index (χ3n) is 5.70. The minimum Gasteiger partial charge on any atom is -0.357 e. The molecule has 1 N–H and O–H groups in total. The number of sulfonamides is 1. The number of carbonyl (C=O) groups is 2. The normalized spacial score (nSPS) is 12.0. The van der Waals surface area contributed by atoms with Gasteiger partial charge < -0.3 is 10.2 Å². The van der Waals surface area contributed by atoms with Crippen molar-refractivity contribution in [3.63, 3.8) is 0 Å². The Bertz CT molecular complexity index is 1370. The van der Waals surface area contributed by atoms with Gasteiger partial charge in [0.25, 0.3) is 10.0 Å². The fraction of sp³-hybridized carbons (Fsp3) is 0.231. The fourth-order valence-electron chi connectivity index (χ4n) is 3.81. The van der Waals surface area contributed by atoms with Gasteiger partial charge in [-0.15, -0.1) is 0 Å². The topological polar surface area (TPSA) is 86.8 Å². The summed E-state index contributed by atoms with van der Waals surface area (Å²) in [7, 11) is -2.90. The maximum atomic E-state index is 14.9. The van der Waals surface area contributed by atoms with Gasteiger partial charge in [-0.2, -0.15) is 0 Å². The van der Waals surface area contributed by atoms with Gasteiger partial charge in [-0.1, -0.05) is 66.5 Å². The average molecular weight is 566 g/mol. The molecule has 0 radical (unpaired) electrons. The molecular weight excluding hydrogens is 540 g/mol. The number of anilines is 1. The van der Waals surface area contributed by atoms with E-state index in [1.165, 1.54) is 54.4 Å². The Morgan fingerprint density at radius 2 is 1.62 bits per heavy atom. The summed E-state index contributed by atoms with van der Waals surface area (Å²) in [6.07, 6.45) is 0.248. The lowest BCUT2D eigenvalue weighted by atomic mass is 10.1. The van der Waals surface area contributed by atoms with Crippen molar-refractivity contribution in [3.05, 3.63) is 94.2 Å². The first-order chi connectivity index (χ1) is 17.6. The van der Waals surface area contributed by atoms with Crippen molar-refractivity contribution in [2.45, 2.75) is 30.8 Å². The van der Waals surface area contributed by atoms with Gasteiger partial charge in [-0.25, -0.2) is 12.8 Å². The van der Waals surface area contributed by atoms with Gasteiger partial charge in [-0.3, -0.25) is 13.9 Å². The summed E-state index contributed by atoms with van der Waals surface area (Å²) in [5.41, 5.74) is 0.288. The number of nitrogens with one attached hydrogen (secondary N) is 1. The number of rotatable bonds is 10. The Hall–Kier alpha value is -3.14. The molecule has 0 aliphatic rings. The lowest BCUT2D eigenvalue weighted by Crippen LogP contribution is -2.51. The minimum atomic E-state index is -4.34. The van der Waals surface area contributed by atoms with Crippen LogP contribution in [0.3, 0.4) is 0 Å². The van der Waals surface area contributed by atoms with Crippen molar-refractivity contribution in [2.75, 3.05) is 17.9 Å². The Morgan fingerprint density at radius 1 is 0.973 bits per heavy atom. The molecule has 3 aromatic rings. The molecule has 1 atom stereocenters. The van der Waals surface area contributed by atoms with Crippen LogP contribution in [-0.2, 0) is 26.2 Å². The monoisotopic (exact) mass is 565 g/mol. The smallest absolute Gasteiger partial charge is 0.264 e. The largest absolute Gasteiger partial charge is 0.357 e. The van der Waals surface area contributed by atoms with Gasteiger partial charge in [-0.05, 0) is 48.4 Å². The molecule has 0 unspecified atom stereocenters. The molecule has 0 spiro atoms. The lowest BCUT2D eigenvalue weighted by Gasteiger charge is -2.33. The Labute approximate surface area is 225 Å². The SMILES string of the molecule is CC[C@@H](C(=O)NC)N(Cc1ccc(Cl)c(Cl)c1)C(=O)CN(c1ccccc1F)S(=O)(=O)c1ccccc1.